The Balaban J connectivity index is 2.46. The Morgan fingerprint density at radius 3 is 3.12 bits per heavy atom. The Morgan fingerprint density at radius 1 is 1.81 bits per heavy atom. The molecule has 0 saturated carbocycles. The van der Waals surface area contributed by atoms with Crippen LogP contribution in [0, 0.1) is 12.3 Å². The molecule has 1 aromatic heterocycles. The quantitative estimate of drug-likeness (QED) is 0.549. The van der Waals surface area contributed by atoms with E-state index in [9.17, 15) is 4.79 Å². The number of hydrogen-bond acceptors (Lipinski definition) is 4. The minimum atomic E-state index is -0.128. The topological polar surface area (TPSA) is 67.2 Å². The van der Waals surface area contributed by atoms with Gasteiger partial charge in [0.25, 0.3) is 0 Å². The van der Waals surface area contributed by atoms with Gasteiger partial charge in [0, 0.05) is 7.05 Å². The Morgan fingerprint density at radius 2 is 2.56 bits per heavy atom. The molecular formula is C10H13N3O2S. The first-order valence-corrected chi connectivity index (χ1v) is 5.62. The van der Waals surface area contributed by atoms with Crippen molar-refractivity contribution in [3.05, 3.63) is 11.9 Å². The van der Waals surface area contributed by atoms with E-state index in [1.165, 1.54) is 11.8 Å². The van der Waals surface area contributed by atoms with E-state index in [4.69, 9.17) is 11.5 Å². The highest BCUT2D eigenvalue weighted by atomic mass is 32.2. The Labute approximate surface area is 98.3 Å². The molecule has 0 atom stereocenters. The number of thioether (sulfide) groups is 1. The van der Waals surface area contributed by atoms with Crippen molar-refractivity contribution >= 4 is 17.7 Å². The van der Waals surface area contributed by atoms with E-state index < -0.39 is 0 Å². The normalized spacial score (nSPS) is 9.81. The molecule has 0 unspecified atom stereocenters. The molecule has 1 rings (SSSR count). The zero-order valence-electron chi connectivity index (χ0n) is 8.93. The summed E-state index contributed by atoms with van der Waals surface area (Å²) in [5.41, 5.74) is 0.714. The van der Waals surface area contributed by atoms with Crippen LogP contribution in [0.5, 0.6) is 0 Å². The number of aliphatic hydroxyl groups excluding tert-OH is 1. The van der Waals surface area contributed by atoms with Crippen molar-refractivity contribution in [1.82, 2.24) is 14.9 Å². The number of amides is 1. The SMILES string of the molecule is C#CCNC(=O)CSc1ncc(CO)n1C. The average Bonchev–Trinajstić information content (AvgIpc) is 2.64. The molecule has 0 fully saturated rings. The molecule has 0 spiro atoms. The van der Waals surface area contributed by atoms with Gasteiger partial charge in [-0.3, -0.25) is 4.79 Å². The van der Waals surface area contributed by atoms with Gasteiger partial charge in [-0.15, -0.1) is 6.42 Å². The fraction of sp³-hybridized carbons (Fsp3) is 0.400. The summed E-state index contributed by atoms with van der Waals surface area (Å²) in [5.74, 6) is 2.46. The second kappa shape index (κ2) is 6.20. The lowest BCUT2D eigenvalue weighted by Crippen LogP contribution is -2.25. The molecule has 86 valence electrons. The Kier molecular flexibility index (Phi) is 4.89. The van der Waals surface area contributed by atoms with Gasteiger partial charge in [-0.25, -0.2) is 4.98 Å². The molecule has 6 heteroatoms. The molecule has 16 heavy (non-hydrogen) atoms. The third-order valence-electron chi connectivity index (χ3n) is 1.92. The van der Waals surface area contributed by atoms with Crippen LogP contribution in [0.15, 0.2) is 11.4 Å². The molecule has 0 aliphatic rings. The molecule has 0 aliphatic carbocycles. The largest absolute Gasteiger partial charge is 0.390 e. The molecule has 0 aromatic carbocycles. The number of aromatic nitrogens is 2. The van der Waals surface area contributed by atoms with Crippen LogP contribution in [-0.2, 0) is 18.4 Å². The highest BCUT2D eigenvalue weighted by Crippen LogP contribution is 2.16. The molecule has 0 radical (unpaired) electrons. The van der Waals surface area contributed by atoms with Crippen molar-refractivity contribution in [2.75, 3.05) is 12.3 Å². The summed E-state index contributed by atoms with van der Waals surface area (Å²) in [4.78, 5) is 15.3. The lowest BCUT2D eigenvalue weighted by Gasteiger charge is -2.03. The number of carbonyl (C=O) groups excluding carboxylic acids is 1. The van der Waals surface area contributed by atoms with Gasteiger partial charge in [0.05, 0.1) is 30.8 Å². The van der Waals surface area contributed by atoms with Crippen LogP contribution >= 0.6 is 11.8 Å². The third kappa shape index (κ3) is 3.29. The molecule has 0 bridgehead atoms. The lowest BCUT2D eigenvalue weighted by atomic mass is 10.5. The van der Waals surface area contributed by atoms with Crippen molar-refractivity contribution in [3.63, 3.8) is 0 Å². The maximum Gasteiger partial charge on any atom is 0.231 e. The first-order chi connectivity index (χ1) is 7.69. The van der Waals surface area contributed by atoms with Crippen LogP contribution in [0.3, 0.4) is 0 Å². The predicted molar refractivity (Wildman–Crippen MR) is 61.7 cm³/mol. The van der Waals surface area contributed by atoms with Crippen LogP contribution in [-0.4, -0.2) is 32.9 Å². The fourth-order valence-corrected chi connectivity index (χ4v) is 1.84. The minimum Gasteiger partial charge on any atom is -0.390 e. The minimum absolute atomic E-state index is 0.0622. The molecule has 1 aromatic rings. The smallest absolute Gasteiger partial charge is 0.231 e. The number of imidazole rings is 1. The second-order valence-electron chi connectivity index (χ2n) is 3.02. The summed E-state index contributed by atoms with van der Waals surface area (Å²) in [5, 5.41) is 12.2. The maximum atomic E-state index is 11.2. The number of rotatable bonds is 5. The van der Waals surface area contributed by atoms with E-state index in [0.717, 1.165) is 0 Å². The van der Waals surface area contributed by atoms with Gasteiger partial charge in [0.15, 0.2) is 5.16 Å². The van der Waals surface area contributed by atoms with E-state index in [1.54, 1.807) is 17.8 Å². The van der Waals surface area contributed by atoms with E-state index >= 15 is 0 Å². The summed E-state index contributed by atoms with van der Waals surface area (Å²) in [6.07, 6.45) is 6.60. The van der Waals surface area contributed by atoms with Gasteiger partial charge < -0.3 is 15.0 Å². The summed E-state index contributed by atoms with van der Waals surface area (Å²) in [7, 11) is 1.79. The van der Waals surface area contributed by atoms with Gasteiger partial charge in [-0.1, -0.05) is 17.7 Å². The second-order valence-corrected chi connectivity index (χ2v) is 3.96. The summed E-state index contributed by atoms with van der Waals surface area (Å²) in [6.45, 7) is 0.176. The zero-order chi connectivity index (χ0) is 12.0. The van der Waals surface area contributed by atoms with Crippen LogP contribution in [0.2, 0.25) is 0 Å². The molecule has 0 aliphatic heterocycles. The third-order valence-corrected chi connectivity index (χ3v) is 2.97. The summed E-state index contributed by atoms with van der Waals surface area (Å²) >= 11 is 1.30. The monoisotopic (exact) mass is 239 g/mol. The van der Waals surface area contributed by atoms with Crippen molar-refractivity contribution in [2.24, 2.45) is 7.05 Å². The van der Waals surface area contributed by atoms with Gasteiger partial charge >= 0.3 is 0 Å². The number of aliphatic hydroxyl groups is 1. The molecular weight excluding hydrogens is 226 g/mol. The summed E-state index contributed by atoms with van der Waals surface area (Å²) < 4.78 is 1.75. The van der Waals surface area contributed by atoms with Crippen LogP contribution < -0.4 is 5.32 Å². The van der Waals surface area contributed by atoms with E-state index in [-0.39, 0.29) is 24.8 Å². The van der Waals surface area contributed by atoms with Crippen molar-refractivity contribution in [2.45, 2.75) is 11.8 Å². The summed E-state index contributed by atoms with van der Waals surface area (Å²) in [6, 6.07) is 0. The van der Waals surface area contributed by atoms with Crippen molar-refractivity contribution in [3.8, 4) is 12.3 Å². The van der Waals surface area contributed by atoms with Crippen LogP contribution in [0.1, 0.15) is 5.69 Å². The van der Waals surface area contributed by atoms with Crippen molar-refractivity contribution < 1.29 is 9.90 Å². The first-order valence-electron chi connectivity index (χ1n) is 4.63. The predicted octanol–water partition coefficient (Wildman–Crippen LogP) is -0.246. The Hall–Kier alpha value is -1.45. The molecule has 5 nitrogen and oxygen atoms in total. The number of nitrogens with one attached hydrogen (secondary N) is 1. The highest BCUT2D eigenvalue weighted by molar-refractivity contribution is 7.99. The van der Waals surface area contributed by atoms with Gasteiger partial charge in [-0.05, 0) is 0 Å². The number of terminal acetylenes is 1. The molecule has 0 saturated heterocycles. The lowest BCUT2D eigenvalue weighted by molar-refractivity contribution is -0.118. The molecule has 1 heterocycles. The number of hydrogen-bond donors (Lipinski definition) is 2. The zero-order valence-corrected chi connectivity index (χ0v) is 9.75. The standard InChI is InChI=1S/C10H13N3O2S/c1-3-4-11-9(15)7-16-10-12-5-8(6-14)13(10)2/h1,5,14H,4,6-7H2,2H3,(H,11,15). The molecule has 1 amide bonds. The van der Waals surface area contributed by atoms with Crippen molar-refractivity contribution in [1.29, 1.82) is 0 Å². The number of carbonyl (C=O) groups is 1. The van der Waals surface area contributed by atoms with Gasteiger partial charge in [-0.2, -0.15) is 0 Å². The van der Waals surface area contributed by atoms with E-state index in [2.05, 4.69) is 16.2 Å². The highest BCUT2D eigenvalue weighted by Gasteiger charge is 2.08. The van der Waals surface area contributed by atoms with Crippen LogP contribution in [0.4, 0.5) is 0 Å². The van der Waals surface area contributed by atoms with Crippen LogP contribution in [0.25, 0.3) is 0 Å². The van der Waals surface area contributed by atoms with E-state index in [1.807, 2.05) is 0 Å². The fourth-order valence-electron chi connectivity index (χ4n) is 1.04. The van der Waals surface area contributed by atoms with E-state index in [0.29, 0.717) is 10.9 Å². The first kappa shape index (κ1) is 12.6. The van der Waals surface area contributed by atoms with Gasteiger partial charge in [0.2, 0.25) is 5.91 Å². The average molecular weight is 239 g/mol. The van der Waals surface area contributed by atoms with Gasteiger partial charge in [0.1, 0.15) is 0 Å². The number of nitrogens with zero attached hydrogens (tertiary/aromatic N) is 2. The molecule has 2 N–H and O–H groups in total. The maximum absolute atomic E-state index is 11.2. The Bertz CT molecular complexity index is 409.